The monoisotopic (exact) mass is 242 g/mol. The van der Waals surface area contributed by atoms with Gasteiger partial charge < -0.3 is 9.84 Å². The average molecular weight is 242 g/mol. The lowest BCUT2D eigenvalue weighted by molar-refractivity contribution is 0.284. The van der Waals surface area contributed by atoms with E-state index < -0.39 is 0 Å². The van der Waals surface area contributed by atoms with Crippen LogP contribution in [0.15, 0.2) is 30.3 Å². The van der Waals surface area contributed by atoms with E-state index in [2.05, 4.69) is 30.3 Å². The number of hydrogen-bond acceptors (Lipinski definition) is 2. The van der Waals surface area contributed by atoms with Gasteiger partial charge in [0, 0.05) is 12.0 Å². The summed E-state index contributed by atoms with van der Waals surface area (Å²) in [7, 11) is 0. The number of aryl methyl sites for hydroxylation is 1. The highest BCUT2D eigenvalue weighted by Crippen LogP contribution is 2.36. The van der Waals surface area contributed by atoms with Crippen LogP contribution in [0.5, 0.6) is 5.75 Å². The van der Waals surface area contributed by atoms with Crippen LogP contribution in [-0.4, -0.2) is 18.3 Å². The van der Waals surface area contributed by atoms with E-state index in [1.165, 1.54) is 21.9 Å². The van der Waals surface area contributed by atoms with Gasteiger partial charge in [0.05, 0.1) is 6.61 Å². The zero-order valence-corrected chi connectivity index (χ0v) is 10.5. The van der Waals surface area contributed by atoms with Gasteiger partial charge in [-0.25, -0.2) is 0 Å². The fourth-order valence-electron chi connectivity index (χ4n) is 2.77. The highest BCUT2D eigenvalue weighted by Gasteiger charge is 2.17. The van der Waals surface area contributed by atoms with Gasteiger partial charge in [0.1, 0.15) is 5.75 Å². The number of ether oxygens (including phenoxy) is 1. The molecule has 94 valence electrons. The van der Waals surface area contributed by atoms with Crippen LogP contribution >= 0.6 is 0 Å². The summed E-state index contributed by atoms with van der Waals surface area (Å²) in [5.41, 5.74) is 2.70. The van der Waals surface area contributed by atoms with Gasteiger partial charge in [-0.3, -0.25) is 0 Å². The van der Waals surface area contributed by atoms with E-state index in [0.29, 0.717) is 0 Å². The Labute approximate surface area is 107 Å². The second-order valence-electron chi connectivity index (χ2n) is 4.84. The van der Waals surface area contributed by atoms with E-state index in [4.69, 9.17) is 9.84 Å². The van der Waals surface area contributed by atoms with Crippen molar-refractivity contribution in [3.05, 3.63) is 41.5 Å². The number of hydrogen-bond donors (Lipinski definition) is 1. The molecule has 0 radical (unpaired) electrons. The molecule has 2 aromatic rings. The Balaban J connectivity index is 2.16. The van der Waals surface area contributed by atoms with Crippen molar-refractivity contribution in [2.24, 2.45) is 0 Å². The SMILES string of the molecule is OCCCc1cc2ccccc2c2c1CCCO2. The summed E-state index contributed by atoms with van der Waals surface area (Å²) in [5.74, 6) is 1.08. The van der Waals surface area contributed by atoms with Crippen molar-refractivity contribution < 1.29 is 9.84 Å². The van der Waals surface area contributed by atoms with Gasteiger partial charge in [0.2, 0.25) is 0 Å². The smallest absolute Gasteiger partial charge is 0.130 e. The molecule has 0 saturated carbocycles. The molecule has 0 aromatic heterocycles. The summed E-state index contributed by atoms with van der Waals surface area (Å²) < 4.78 is 5.89. The third-order valence-corrected chi connectivity index (χ3v) is 3.62. The Kier molecular flexibility index (Phi) is 3.20. The van der Waals surface area contributed by atoms with Gasteiger partial charge >= 0.3 is 0 Å². The van der Waals surface area contributed by atoms with E-state index in [0.717, 1.165) is 38.0 Å². The van der Waals surface area contributed by atoms with Gasteiger partial charge in [-0.2, -0.15) is 0 Å². The quantitative estimate of drug-likeness (QED) is 0.896. The van der Waals surface area contributed by atoms with E-state index in [1.807, 2.05) is 0 Å². The van der Waals surface area contributed by atoms with Crippen LogP contribution < -0.4 is 4.74 Å². The zero-order chi connectivity index (χ0) is 12.4. The van der Waals surface area contributed by atoms with Crippen molar-refractivity contribution in [1.29, 1.82) is 0 Å². The van der Waals surface area contributed by atoms with Crippen LogP contribution in [-0.2, 0) is 12.8 Å². The van der Waals surface area contributed by atoms with Crippen LogP contribution in [0.1, 0.15) is 24.0 Å². The molecule has 0 amide bonds. The lowest BCUT2D eigenvalue weighted by atomic mass is 9.92. The summed E-state index contributed by atoms with van der Waals surface area (Å²) in [6.07, 6.45) is 3.95. The fourth-order valence-corrected chi connectivity index (χ4v) is 2.77. The number of benzene rings is 2. The summed E-state index contributed by atoms with van der Waals surface area (Å²) in [4.78, 5) is 0. The maximum Gasteiger partial charge on any atom is 0.130 e. The number of aliphatic hydroxyl groups is 1. The lowest BCUT2D eigenvalue weighted by Gasteiger charge is -2.22. The first kappa shape index (κ1) is 11.5. The summed E-state index contributed by atoms with van der Waals surface area (Å²) in [6, 6.07) is 10.7. The number of rotatable bonds is 3. The van der Waals surface area contributed by atoms with Crippen molar-refractivity contribution in [1.82, 2.24) is 0 Å². The Morgan fingerprint density at radius 2 is 2.11 bits per heavy atom. The van der Waals surface area contributed by atoms with Crippen molar-refractivity contribution in [3.63, 3.8) is 0 Å². The molecule has 0 unspecified atom stereocenters. The van der Waals surface area contributed by atoms with E-state index in [1.54, 1.807) is 0 Å². The normalized spacial score (nSPS) is 14.3. The van der Waals surface area contributed by atoms with Gasteiger partial charge in [0.15, 0.2) is 0 Å². The third-order valence-electron chi connectivity index (χ3n) is 3.62. The molecule has 1 aliphatic rings. The topological polar surface area (TPSA) is 29.5 Å². The Bertz CT molecular complexity index is 560. The molecule has 3 rings (SSSR count). The molecule has 1 aliphatic heterocycles. The summed E-state index contributed by atoms with van der Waals surface area (Å²) in [6.45, 7) is 1.07. The zero-order valence-electron chi connectivity index (χ0n) is 10.5. The highest BCUT2D eigenvalue weighted by molar-refractivity contribution is 5.90. The van der Waals surface area contributed by atoms with E-state index in [-0.39, 0.29) is 6.61 Å². The second kappa shape index (κ2) is 4.99. The maximum atomic E-state index is 9.01. The summed E-state index contributed by atoms with van der Waals surface area (Å²) >= 11 is 0. The predicted molar refractivity (Wildman–Crippen MR) is 73.2 cm³/mol. The number of fused-ring (bicyclic) bond motifs is 3. The maximum absolute atomic E-state index is 9.01. The minimum absolute atomic E-state index is 0.252. The Morgan fingerprint density at radius 3 is 3.00 bits per heavy atom. The standard InChI is InChI=1S/C16H18O2/c17-9-3-6-13-11-12-5-1-2-7-14(12)16-15(13)8-4-10-18-16/h1-2,5,7,11,17H,3-4,6,8-10H2. The Hall–Kier alpha value is -1.54. The first-order valence-electron chi connectivity index (χ1n) is 6.67. The van der Waals surface area contributed by atoms with Crippen LogP contribution in [0.4, 0.5) is 0 Å². The molecule has 0 bridgehead atoms. The molecule has 0 saturated heterocycles. The molecule has 0 atom stereocenters. The van der Waals surface area contributed by atoms with Crippen molar-refractivity contribution in [2.45, 2.75) is 25.7 Å². The summed E-state index contributed by atoms with van der Waals surface area (Å²) in [5, 5.41) is 11.5. The molecule has 0 fully saturated rings. The van der Waals surface area contributed by atoms with E-state index >= 15 is 0 Å². The van der Waals surface area contributed by atoms with Crippen molar-refractivity contribution in [2.75, 3.05) is 13.2 Å². The molecule has 1 N–H and O–H groups in total. The Morgan fingerprint density at radius 1 is 1.22 bits per heavy atom. The molecule has 2 heteroatoms. The second-order valence-corrected chi connectivity index (χ2v) is 4.84. The van der Waals surface area contributed by atoms with Crippen molar-refractivity contribution >= 4 is 10.8 Å². The number of aliphatic hydroxyl groups excluding tert-OH is 1. The molecule has 0 spiro atoms. The molecule has 2 nitrogen and oxygen atoms in total. The predicted octanol–water partition coefficient (Wildman–Crippen LogP) is 3.09. The van der Waals surface area contributed by atoms with Gasteiger partial charge in [-0.1, -0.05) is 30.3 Å². The van der Waals surface area contributed by atoms with Crippen molar-refractivity contribution in [3.8, 4) is 5.75 Å². The first-order valence-corrected chi connectivity index (χ1v) is 6.67. The van der Waals surface area contributed by atoms with Gasteiger partial charge in [-0.15, -0.1) is 0 Å². The van der Waals surface area contributed by atoms with E-state index in [9.17, 15) is 0 Å². The highest BCUT2D eigenvalue weighted by atomic mass is 16.5. The average Bonchev–Trinajstić information content (AvgIpc) is 2.45. The molecule has 0 aliphatic carbocycles. The molecular formula is C16H18O2. The minimum Gasteiger partial charge on any atom is -0.493 e. The largest absolute Gasteiger partial charge is 0.493 e. The van der Waals surface area contributed by atoms with Gasteiger partial charge in [0.25, 0.3) is 0 Å². The minimum atomic E-state index is 0.252. The van der Waals surface area contributed by atoms with Crippen LogP contribution in [0.2, 0.25) is 0 Å². The first-order chi connectivity index (χ1) is 8.90. The molecule has 18 heavy (non-hydrogen) atoms. The fraction of sp³-hybridized carbons (Fsp3) is 0.375. The molecule has 2 aromatic carbocycles. The van der Waals surface area contributed by atoms with Crippen LogP contribution in [0.25, 0.3) is 10.8 Å². The molecular weight excluding hydrogens is 224 g/mol. The third kappa shape index (κ3) is 1.97. The van der Waals surface area contributed by atoms with Gasteiger partial charge in [-0.05, 0) is 42.2 Å². The lowest BCUT2D eigenvalue weighted by Crippen LogP contribution is -2.11. The van der Waals surface area contributed by atoms with Crippen LogP contribution in [0, 0.1) is 0 Å². The van der Waals surface area contributed by atoms with Crippen LogP contribution in [0.3, 0.4) is 0 Å². The molecule has 1 heterocycles.